The molecule has 1 heterocycles. The highest BCUT2D eigenvalue weighted by Gasteiger charge is 2.30. The first-order valence-electron chi connectivity index (χ1n) is 11.6. The average Bonchev–Trinajstić information content (AvgIpc) is 3.29. The van der Waals surface area contributed by atoms with Gasteiger partial charge in [-0.05, 0) is 51.7 Å². The Morgan fingerprint density at radius 1 is 1.13 bits per heavy atom. The number of hydrogen-bond acceptors (Lipinski definition) is 4. The van der Waals surface area contributed by atoms with Crippen LogP contribution in [0.4, 0.5) is 0 Å². The molecule has 0 radical (unpaired) electrons. The maximum Gasteiger partial charge on any atom is 0.262 e. The van der Waals surface area contributed by atoms with Gasteiger partial charge in [0.1, 0.15) is 0 Å². The second-order valence-electron chi connectivity index (χ2n) is 8.70. The summed E-state index contributed by atoms with van der Waals surface area (Å²) in [6.45, 7) is 4.79. The molecule has 0 unspecified atom stereocenters. The third kappa shape index (κ3) is 4.29. The van der Waals surface area contributed by atoms with E-state index in [9.17, 15) is 9.59 Å². The molecule has 0 aliphatic heterocycles. The minimum atomic E-state index is -0.257. The normalized spacial score (nSPS) is 19.3. The van der Waals surface area contributed by atoms with E-state index in [4.69, 9.17) is 4.98 Å². The van der Waals surface area contributed by atoms with Crippen molar-refractivity contribution in [1.82, 2.24) is 14.5 Å². The van der Waals surface area contributed by atoms with E-state index >= 15 is 0 Å². The van der Waals surface area contributed by atoms with Crippen molar-refractivity contribution in [3.8, 4) is 0 Å². The molecule has 2 fully saturated rings. The van der Waals surface area contributed by atoms with Crippen molar-refractivity contribution in [2.75, 3.05) is 6.54 Å². The van der Waals surface area contributed by atoms with Crippen molar-refractivity contribution in [3.05, 3.63) is 34.6 Å². The van der Waals surface area contributed by atoms with Gasteiger partial charge in [-0.15, -0.1) is 0 Å². The van der Waals surface area contributed by atoms with Gasteiger partial charge in [0.2, 0.25) is 5.91 Å². The molecule has 162 valence electrons. The van der Waals surface area contributed by atoms with E-state index in [1.807, 2.05) is 35.8 Å². The monoisotopic (exact) mass is 427 g/mol. The highest BCUT2D eigenvalue weighted by Crippen LogP contribution is 2.34. The second kappa shape index (κ2) is 9.54. The molecule has 0 saturated heterocycles. The van der Waals surface area contributed by atoms with Gasteiger partial charge in [0.05, 0.1) is 16.2 Å². The van der Waals surface area contributed by atoms with Crippen molar-refractivity contribution >= 4 is 28.6 Å². The number of carbonyl (C=O) groups excluding carboxylic acids is 1. The molecule has 0 spiro atoms. The molecular formula is C24H33N3O2S. The molecule has 6 heteroatoms. The standard InChI is InChI=1S/C24H33N3O2S/c1-3-26(18-11-5-4-6-12-18)22(28)17(2)30-24-25-21-16-10-9-15-20(21)23(29)27(24)19-13-7-8-14-19/h9-10,15-19H,3-8,11-14H2,1-2H3/t17-/m0/s1. The van der Waals surface area contributed by atoms with Gasteiger partial charge in [-0.2, -0.15) is 0 Å². The summed E-state index contributed by atoms with van der Waals surface area (Å²) in [5, 5.41) is 1.11. The van der Waals surface area contributed by atoms with Crippen LogP contribution in [0.2, 0.25) is 0 Å². The zero-order valence-electron chi connectivity index (χ0n) is 18.2. The molecule has 4 rings (SSSR count). The van der Waals surface area contributed by atoms with E-state index in [-0.39, 0.29) is 22.8 Å². The van der Waals surface area contributed by atoms with E-state index in [0.29, 0.717) is 16.6 Å². The number of rotatable bonds is 6. The van der Waals surface area contributed by atoms with Gasteiger partial charge < -0.3 is 4.90 Å². The number of carbonyl (C=O) groups is 1. The van der Waals surface area contributed by atoms with Crippen LogP contribution in [0.15, 0.2) is 34.2 Å². The van der Waals surface area contributed by atoms with Crippen molar-refractivity contribution < 1.29 is 4.79 Å². The summed E-state index contributed by atoms with van der Waals surface area (Å²) < 4.78 is 1.89. The lowest BCUT2D eigenvalue weighted by Gasteiger charge is -2.35. The highest BCUT2D eigenvalue weighted by atomic mass is 32.2. The smallest absolute Gasteiger partial charge is 0.262 e. The SMILES string of the molecule is CCN(C(=O)[C@H](C)Sc1nc2ccccc2c(=O)n1C1CCCC1)C1CCCCC1. The lowest BCUT2D eigenvalue weighted by Crippen LogP contribution is -2.44. The van der Waals surface area contributed by atoms with Crippen LogP contribution in [0, 0.1) is 0 Å². The zero-order chi connectivity index (χ0) is 21.1. The van der Waals surface area contributed by atoms with Crippen LogP contribution in [0.25, 0.3) is 10.9 Å². The van der Waals surface area contributed by atoms with E-state index in [0.717, 1.165) is 50.6 Å². The summed E-state index contributed by atoms with van der Waals surface area (Å²) in [4.78, 5) is 33.6. The van der Waals surface area contributed by atoms with Crippen LogP contribution >= 0.6 is 11.8 Å². The van der Waals surface area contributed by atoms with Gasteiger partial charge in [-0.25, -0.2) is 4.98 Å². The molecule has 0 N–H and O–H groups in total. The third-order valence-corrected chi connectivity index (χ3v) is 7.79. The molecule has 2 aromatic rings. The number of aromatic nitrogens is 2. The Bertz CT molecular complexity index is 945. The number of nitrogens with zero attached hydrogens (tertiary/aromatic N) is 3. The minimum absolute atomic E-state index is 0.0364. The Labute approximate surface area is 183 Å². The average molecular weight is 428 g/mol. The van der Waals surface area contributed by atoms with E-state index < -0.39 is 0 Å². The fourth-order valence-electron chi connectivity index (χ4n) is 5.12. The fourth-order valence-corrected chi connectivity index (χ4v) is 6.17. The van der Waals surface area contributed by atoms with E-state index in [1.165, 1.54) is 31.0 Å². The molecular weight excluding hydrogens is 394 g/mol. The quantitative estimate of drug-likeness (QED) is 0.471. The molecule has 2 aliphatic rings. The van der Waals surface area contributed by atoms with Crippen LogP contribution in [0.1, 0.15) is 77.7 Å². The molecule has 0 bridgehead atoms. The van der Waals surface area contributed by atoms with Crippen LogP contribution in [0.3, 0.4) is 0 Å². The predicted molar refractivity (Wildman–Crippen MR) is 123 cm³/mol. The van der Waals surface area contributed by atoms with Crippen molar-refractivity contribution in [3.63, 3.8) is 0 Å². The van der Waals surface area contributed by atoms with Crippen LogP contribution in [-0.2, 0) is 4.79 Å². The molecule has 2 aliphatic carbocycles. The summed E-state index contributed by atoms with van der Waals surface area (Å²) in [5.41, 5.74) is 0.757. The first kappa shape index (κ1) is 21.4. The largest absolute Gasteiger partial charge is 0.339 e. The van der Waals surface area contributed by atoms with E-state index in [2.05, 4.69) is 11.8 Å². The van der Waals surface area contributed by atoms with Gasteiger partial charge in [-0.1, -0.05) is 56.0 Å². The van der Waals surface area contributed by atoms with Crippen molar-refractivity contribution in [1.29, 1.82) is 0 Å². The number of para-hydroxylation sites is 1. The number of hydrogen-bond donors (Lipinski definition) is 0. The zero-order valence-corrected chi connectivity index (χ0v) is 19.0. The van der Waals surface area contributed by atoms with Crippen molar-refractivity contribution in [2.45, 2.75) is 94.1 Å². The minimum Gasteiger partial charge on any atom is -0.339 e. The summed E-state index contributed by atoms with van der Waals surface area (Å²) >= 11 is 1.46. The first-order chi connectivity index (χ1) is 14.6. The van der Waals surface area contributed by atoms with Gasteiger partial charge in [-0.3, -0.25) is 14.2 Å². The Hall–Kier alpha value is -1.82. The Balaban J connectivity index is 1.64. The summed E-state index contributed by atoms with van der Waals surface area (Å²) in [5.74, 6) is 0.176. The van der Waals surface area contributed by atoms with Crippen LogP contribution in [0.5, 0.6) is 0 Å². The number of thioether (sulfide) groups is 1. The lowest BCUT2D eigenvalue weighted by atomic mass is 9.94. The number of benzene rings is 1. The van der Waals surface area contributed by atoms with Crippen LogP contribution in [-0.4, -0.2) is 38.2 Å². The first-order valence-corrected chi connectivity index (χ1v) is 12.5. The van der Waals surface area contributed by atoms with Gasteiger partial charge in [0, 0.05) is 18.6 Å². The lowest BCUT2D eigenvalue weighted by molar-refractivity contribution is -0.133. The molecule has 1 amide bonds. The summed E-state index contributed by atoms with van der Waals surface area (Å²) in [7, 11) is 0. The molecule has 1 aromatic carbocycles. The molecule has 5 nitrogen and oxygen atoms in total. The molecule has 2 saturated carbocycles. The maximum absolute atomic E-state index is 13.3. The predicted octanol–water partition coefficient (Wildman–Crippen LogP) is 5.17. The number of amides is 1. The molecule has 1 atom stereocenters. The third-order valence-electron chi connectivity index (χ3n) is 6.73. The molecule has 1 aromatic heterocycles. The van der Waals surface area contributed by atoms with Crippen molar-refractivity contribution in [2.24, 2.45) is 0 Å². The Morgan fingerprint density at radius 2 is 1.80 bits per heavy atom. The second-order valence-corrected chi connectivity index (χ2v) is 10.0. The van der Waals surface area contributed by atoms with E-state index in [1.54, 1.807) is 0 Å². The maximum atomic E-state index is 13.3. The molecule has 30 heavy (non-hydrogen) atoms. The number of fused-ring (bicyclic) bond motifs is 1. The highest BCUT2D eigenvalue weighted by molar-refractivity contribution is 8.00. The topological polar surface area (TPSA) is 55.2 Å². The Kier molecular flexibility index (Phi) is 6.81. The van der Waals surface area contributed by atoms with Gasteiger partial charge in [0.15, 0.2) is 5.16 Å². The van der Waals surface area contributed by atoms with Gasteiger partial charge in [0.25, 0.3) is 5.56 Å². The summed E-state index contributed by atoms with van der Waals surface area (Å²) in [6, 6.07) is 8.13. The van der Waals surface area contributed by atoms with Crippen LogP contribution < -0.4 is 5.56 Å². The Morgan fingerprint density at radius 3 is 2.50 bits per heavy atom. The van der Waals surface area contributed by atoms with Gasteiger partial charge >= 0.3 is 0 Å². The summed E-state index contributed by atoms with van der Waals surface area (Å²) in [6.07, 6.45) is 10.2. The fraction of sp³-hybridized carbons (Fsp3) is 0.625.